The van der Waals surface area contributed by atoms with Crippen LogP contribution in [0.4, 0.5) is 0 Å². The summed E-state index contributed by atoms with van der Waals surface area (Å²) in [6.45, 7) is 1.35. The fourth-order valence-electron chi connectivity index (χ4n) is 2.21. The third-order valence-corrected chi connectivity index (χ3v) is 4.58. The van der Waals surface area contributed by atoms with Gasteiger partial charge in [-0.3, -0.25) is 9.59 Å². The Bertz CT molecular complexity index is 506. The number of likely N-dealkylation sites (N-methyl/N-ethyl adjacent to an activating group) is 1. The summed E-state index contributed by atoms with van der Waals surface area (Å²) in [5, 5.41) is 5.85. The first-order chi connectivity index (χ1) is 11.1. The Hall–Kier alpha value is -1.53. The van der Waals surface area contributed by atoms with Crippen LogP contribution in [0.3, 0.4) is 0 Å². The Morgan fingerprint density at radius 2 is 1.87 bits per heavy atom. The summed E-state index contributed by atoms with van der Waals surface area (Å²) in [5.74, 6) is 1.89. The molecule has 0 bridgehead atoms. The van der Waals surface area contributed by atoms with Gasteiger partial charge in [-0.15, -0.1) is 0 Å². The van der Waals surface area contributed by atoms with Crippen molar-refractivity contribution < 1.29 is 14.5 Å². The number of hydrogen-bond acceptors (Lipinski definition) is 3. The van der Waals surface area contributed by atoms with Crippen LogP contribution in [0.2, 0.25) is 0 Å². The summed E-state index contributed by atoms with van der Waals surface area (Å²) >= 11 is 1.81. The lowest BCUT2D eigenvalue weighted by Crippen LogP contribution is -3.11. The second kappa shape index (κ2) is 9.57. The zero-order valence-corrected chi connectivity index (χ0v) is 14.5. The van der Waals surface area contributed by atoms with Crippen LogP contribution < -0.4 is 15.5 Å². The van der Waals surface area contributed by atoms with E-state index in [0.29, 0.717) is 25.7 Å². The molecule has 126 valence electrons. The summed E-state index contributed by atoms with van der Waals surface area (Å²) in [6.07, 6.45) is 2.18. The standard InChI is InChI=1S/C17H25N3O2S/c1-20(12-17(22)19-15-7-8-15)11-16(21)18-9-10-23-13-14-5-3-2-4-6-14/h2-6,15H,7-13H2,1H3,(H,18,21)(H,19,22)/p+1. The van der Waals surface area contributed by atoms with E-state index in [2.05, 4.69) is 22.8 Å². The molecule has 1 atom stereocenters. The second-order valence-corrected chi connectivity index (χ2v) is 7.15. The van der Waals surface area contributed by atoms with Gasteiger partial charge in [0.1, 0.15) is 0 Å². The first-order valence-corrected chi connectivity index (χ1v) is 9.28. The molecule has 1 unspecified atom stereocenters. The maximum atomic E-state index is 11.8. The van der Waals surface area contributed by atoms with Crippen molar-refractivity contribution in [2.45, 2.75) is 24.6 Å². The molecule has 0 heterocycles. The summed E-state index contributed by atoms with van der Waals surface area (Å²) < 4.78 is 0. The molecule has 0 spiro atoms. The topological polar surface area (TPSA) is 62.6 Å². The van der Waals surface area contributed by atoms with Gasteiger partial charge in [0.15, 0.2) is 13.1 Å². The number of amides is 2. The molecule has 1 aliphatic rings. The van der Waals surface area contributed by atoms with Gasteiger partial charge in [0.25, 0.3) is 11.8 Å². The van der Waals surface area contributed by atoms with Crippen molar-refractivity contribution in [3.63, 3.8) is 0 Å². The van der Waals surface area contributed by atoms with Gasteiger partial charge in [0.2, 0.25) is 0 Å². The van der Waals surface area contributed by atoms with E-state index in [9.17, 15) is 9.59 Å². The van der Waals surface area contributed by atoms with Crippen LogP contribution in [-0.2, 0) is 15.3 Å². The number of carbonyl (C=O) groups is 2. The highest BCUT2D eigenvalue weighted by Gasteiger charge is 2.24. The molecule has 1 fully saturated rings. The molecule has 1 aromatic rings. The molecule has 0 radical (unpaired) electrons. The number of nitrogens with one attached hydrogen (secondary N) is 3. The van der Waals surface area contributed by atoms with Gasteiger partial charge >= 0.3 is 0 Å². The average molecular weight is 336 g/mol. The van der Waals surface area contributed by atoms with Crippen LogP contribution in [0.5, 0.6) is 0 Å². The number of carbonyl (C=O) groups excluding carboxylic acids is 2. The normalized spacial score (nSPS) is 15.0. The maximum absolute atomic E-state index is 11.8. The van der Waals surface area contributed by atoms with Crippen LogP contribution >= 0.6 is 11.8 Å². The van der Waals surface area contributed by atoms with Crippen molar-refractivity contribution in [2.75, 3.05) is 32.4 Å². The minimum Gasteiger partial charge on any atom is -0.350 e. The van der Waals surface area contributed by atoms with E-state index in [1.165, 1.54) is 5.56 Å². The lowest BCUT2D eigenvalue weighted by atomic mass is 10.2. The minimum atomic E-state index is 0.00188. The molecule has 3 N–H and O–H groups in total. The zero-order valence-electron chi connectivity index (χ0n) is 13.6. The Balaban J connectivity index is 1.49. The Morgan fingerprint density at radius 1 is 1.17 bits per heavy atom. The Morgan fingerprint density at radius 3 is 2.57 bits per heavy atom. The van der Waals surface area contributed by atoms with Crippen molar-refractivity contribution in [2.24, 2.45) is 0 Å². The first kappa shape index (κ1) is 17.8. The van der Waals surface area contributed by atoms with Gasteiger partial charge < -0.3 is 15.5 Å². The monoisotopic (exact) mass is 336 g/mol. The molecule has 0 aliphatic heterocycles. The van der Waals surface area contributed by atoms with Gasteiger partial charge in [-0.1, -0.05) is 30.3 Å². The molecule has 1 aromatic carbocycles. The Kier molecular flexibility index (Phi) is 7.42. The van der Waals surface area contributed by atoms with Crippen molar-refractivity contribution in [1.82, 2.24) is 10.6 Å². The highest BCUT2D eigenvalue weighted by molar-refractivity contribution is 7.98. The summed E-state index contributed by atoms with van der Waals surface area (Å²) in [5.41, 5.74) is 1.30. The van der Waals surface area contributed by atoms with E-state index >= 15 is 0 Å². The van der Waals surface area contributed by atoms with E-state index in [1.807, 2.05) is 25.2 Å². The van der Waals surface area contributed by atoms with E-state index < -0.39 is 0 Å². The molecule has 1 aliphatic carbocycles. The molecule has 6 heteroatoms. The van der Waals surface area contributed by atoms with Crippen LogP contribution in [0.15, 0.2) is 30.3 Å². The lowest BCUT2D eigenvalue weighted by Gasteiger charge is -2.13. The van der Waals surface area contributed by atoms with Crippen molar-refractivity contribution >= 4 is 23.6 Å². The summed E-state index contributed by atoms with van der Waals surface area (Å²) in [4.78, 5) is 24.4. The number of hydrogen-bond donors (Lipinski definition) is 3. The molecule has 2 rings (SSSR count). The predicted octanol–water partition coefficient (Wildman–Crippen LogP) is -0.171. The molecule has 5 nitrogen and oxygen atoms in total. The fourth-order valence-corrected chi connectivity index (χ4v) is 3.03. The SMILES string of the molecule is C[NH+](CC(=O)NCCSCc1ccccc1)CC(=O)NC1CC1. The highest BCUT2D eigenvalue weighted by Crippen LogP contribution is 2.17. The van der Waals surface area contributed by atoms with Gasteiger partial charge in [-0.05, 0) is 18.4 Å². The van der Waals surface area contributed by atoms with E-state index in [4.69, 9.17) is 0 Å². The van der Waals surface area contributed by atoms with Crippen molar-refractivity contribution in [3.8, 4) is 0 Å². The quantitative estimate of drug-likeness (QED) is 0.520. The average Bonchev–Trinajstić information content (AvgIpc) is 3.31. The predicted molar refractivity (Wildman–Crippen MR) is 93.4 cm³/mol. The molecule has 0 aromatic heterocycles. The maximum Gasteiger partial charge on any atom is 0.275 e. The number of quaternary nitrogens is 1. The molecule has 0 saturated heterocycles. The van der Waals surface area contributed by atoms with Gasteiger partial charge in [0, 0.05) is 24.1 Å². The van der Waals surface area contributed by atoms with Crippen LogP contribution in [-0.4, -0.2) is 50.3 Å². The molecule has 1 saturated carbocycles. The van der Waals surface area contributed by atoms with Crippen LogP contribution in [0, 0.1) is 0 Å². The molecule has 23 heavy (non-hydrogen) atoms. The van der Waals surface area contributed by atoms with Crippen molar-refractivity contribution in [1.29, 1.82) is 0 Å². The summed E-state index contributed by atoms with van der Waals surface area (Å²) in [6, 6.07) is 10.7. The highest BCUT2D eigenvalue weighted by atomic mass is 32.2. The summed E-state index contributed by atoms with van der Waals surface area (Å²) in [7, 11) is 1.87. The third-order valence-electron chi connectivity index (χ3n) is 3.55. The smallest absolute Gasteiger partial charge is 0.275 e. The van der Waals surface area contributed by atoms with E-state index in [1.54, 1.807) is 11.8 Å². The fraction of sp³-hybridized carbons (Fsp3) is 0.529. The zero-order chi connectivity index (χ0) is 16.5. The van der Waals surface area contributed by atoms with Gasteiger partial charge in [0.05, 0.1) is 7.05 Å². The first-order valence-electron chi connectivity index (χ1n) is 8.12. The number of thioether (sulfide) groups is 1. The van der Waals surface area contributed by atoms with E-state index in [-0.39, 0.29) is 11.8 Å². The van der Waals surface area contributed by atoms with E-state index in [0.717, 1.165) is 29.2 Å². The largest absolute Gasteiger partial charge is 0.350 e. The van der Waals surface area contributed by atoms with Crippen LogP contribution in [0.1, 0.15) is 18.4 Å². The number of benzene rings is 1. The second-order valence-electron chi connectivity index (χ2n) is 6.04. The molecular weight excluding hydrogens is 310 g/mol. The molecule has 2 amide bonds. The number of rotatable bonds is 10. The van der Waals surface area contributed by atoms with Gasteiger partial charge in [-0.25, -0.2) is 0 Å². The minimum absolute atomic E-state index is 0.00188. The van der Waals surface area contributed by atoms with Crippen molar-refractivity contribution in [3.05, 3.63) is 35.9 Å². The Labute approximate surface area is 142 Å². The molecular formula is C17H26N3O2S+. The third kappa shape index (κ3) is 8.04. The van der Waals surface area contributed by atoms with Gasteiger partial charge in [-0.2, -0.15) is 11.8 Å². The van der Waals surface area contributed by atoms with Crippen LogP contribution in [0.25, 0.3) is 0 Å². The lowest BCUT2D eigenvalue weighted by molar-refractivity contribution is -0.862.